The van der Waals surface area contributed by atoms with Gasteiger partial charge in [0.25, 0.3) is 11.8 Å². The highest BCUT2D eigenvalue weighted by atomic mass is 16.2. The first kappa shape index (κ1) is 23.1. The molecule has 0 aliphatic rings. The molecule has 0 aliphatic heterocycles. The molecule has 2 aromatic rings. The Bertz CT molecular complexity index is 904. The molecule has 0 saturated carbocycles. The summed E-state index contributed by atoms with van der Waals surface area (Å²) in [6.07, 6.45) is 0. The van der Waals surface area contributed by atoms with E-state index in [1.54, 1.807) is 41.3 Å². The van der Waals surface area contributed by atoms with Gasteiger partial charge in [-0.25, -0.2) is 0 Å². The normalized spacial score (nSPS) is 11.7. The van der Waals surface area contributed by atoms with E-state index in [1.165, 1.54) is 0 Å². The monoisotopic (exact) mass is 409 g/mol. The van der Waals surface area contributed by atoms with Gasteiger partial charge in [-0.15, -0.1) is 0 Å². The summed E-state index contributed by atoms with van der Waals surface area (Å²) in [5, 5.41) is 5.68. The average Bonchev–Trinajstić information content (AvgIpc) is 2.72. The fourth-order valence-electron chi connectivity index (χ4n) is 3.22. The molecule has 0 aliphatic carbocycles. The Morgan fingerprint density at radius 2 is 1.63 bits per heavy atom. The number of amides is 3. The molecule has 0 aromatic heterocycles. The molecule has 3 amide bonds. The summed E-state index contributed by atoms with van der Waals surface area (Å²) >= 11 is 0. The molecule has 0 bridgehead atoms. The Balaban J connectivity index is 2.16. The second kappa shape index (κ2) is 10.6. The Morgan fingerprint density at radius 1 is 0.967 bits per heavy atom. The summed E-state index contributed by atoms with van der Waals surface area (Å²) in [6.45, 7) is 10.7. The second-order valence-electron chi connectivity index (χ2n) is 7.56. The van der Waals surface area contributed by atoms with E-state index in [2.05, 4.69) is 10.6 Å². The highest BCUT2D eigenvalue weighted by molar-refractivity contribution is 6.02. The number of hydrogen-bond donors (Lipinski definition) is 2. The van der Waals surface area contributed by atoms with Crippen LogP contribution in [0.1, 0.15) is 54.0 Å². The molecule has 0 fully saturated rings. The van der Waals surface area contributed by atoms with Crippen molar-refractivity contribution in [2.45, 2.75) is 40.7 Å². The molecule has 30 heavy (non-hydrogen) atoms. The largest absolute Gasteiger partial charge is 0.340 e. The fourth-order valence-corrected chi connectivity index (χ4v) is 3.22. The van der Waals surface area contributed by atoms with E-state index in [0.29, 0.717) is 29.9 Å². The van der Waals surface area contributed by atoms with Gasteiger partial charge in [-0.3, -0.25) is 14.4 Å². The number of carbonyl (C=O) groups is 3. The topological polar surface area (TPSA) is 78.5 Å². The molecule has 0 unspecified atom stereocenters. The van der Waals surface area contributed by atoms with Crippen LogP contribution in [0.25, 0.3) is 0 Å². The van der Waals surface area contributed by atoms with Gasteiger partial charge in [0.1, 0.15) is 6.04 Å². The van der Waals surface area contributed by atoms with Crippen molar-refractivity contribution < 1.29 is 14.4 Å². The molecule has 0 saturated heterocycles. The smallest absolute Gasteiger partial charge is 0.253 e. The summed E-state index contributed by atoms with van der Waals surface area (Å²) < 4.78 is 0. The molecular formula is C24H31N3O3. The molecule has 2 rings (SSSR count). The van der Waals surface area contributed by atoms with Gasteiger partial charge in [0, 0.05) is 29.9 Å². The van der Waals surface area contributed by atoms with Gasteiger partial charge in [-0.2, -0.15) is 0 Å². The van der Waals surface area contributed by atoms with Crippen LogP contribution in [0.15, 0.2) is 48.5 Å². The molecule has 0 radical (unpaired) electrons. The summed E-state index contributed by atoms with van der Waals surface area (Å²) in [7, 11) is 0. The lowest BCUT2D eigenvalue weighted by atomic mass is 10.0. The van der Waals surface area contributed by atoms with Crippen molar-refractivity contribution in [3.8, 4) is 0 Å². The maximum absolute atomic E-state index is 12.9. The van der Waals surface area contributed by atoms with Gasteiger partial charge in [0.15, 0.2) is 0 Å². The maximum atomic E-state index is 12.9. The molecular weight excluding hydrogens is 378 g/mol. The zero-order valence-electron chi connectivity index (χ0n) is 18.4. The first-order valence-corrected chi connectivity index (χ1v) is 10.3. The first-order valence-electron chi connectivity index (χ1n) is 10.3. The fraction of sp³-hybridized carbons (Fsp3) is 0.375. The quantitative estimate of drug-likeness (QED) is 0.695. The van der Waals surface area contributed by atoms with Crippen LogP contribution in [-0.4, -0.2) is 41.8 Å². The van der Waals surface area contributed by atoms with Crippen LogP contribution in [0.5, 0.6) is 0 Å². The van der Waals surface area contributed by atoms with Gasteiger partial charge in [-0.1, -0.05) is 38.1 Å². The predicted molar refractivity (Wildman–Crippen MR) is 120 cm³/mol. The molecule has 1 atom stereocenters. The third-order valence-electron chi connectivity index (χ3n) is 5.05. The van der Waals surface area contributed by atoms with Crippen LogP contribution in [0.3, 0.4) is 0 Å². The minimum Gasteiger partial charge on any atom is -0.340 e. The summed E-state index contributed by atoms with van der Waals surface area (Å²) in [5.74, 6) is -0.797. The number of nitrogens with one attached hydrogen (secondary N) is 2. The standard InChI is InChI=1S/C24H31N3O3/c1-6-27(7-2)24(30)18-12-10-13-19(15-18)25-23(29)21(16(3)4)26-22(28)20-14-9-8-11-17(20)5/h8-16,21H,6-7H2,1-5H3,(H,25,29)(H,26,28)/t21-/m0/s1. The van der Waals surface area contributed by atoms with E-state index < -0.39 is 6.04 Å². The number of benzene rings is 2. The zero-order chi connectivity index (χ0) is 22.3. The van der Waals surface area contributed by atoms with Gasteiger partial charge in [-0.05, 0) is 56.5 Å². The van der Waals surface area contributed by atoms with Gasteiger partial charge < -0.3 is 15.5 Å². The number of anilines is 1. The summed E-state index contributed by atoms with van der Waals surface area (Å²) in [6, 6.07) is 13.4. The molecule has 2 aromatic carbocycles. The molecule has 6 heteroatoms. The molecule has 6 nitrogen and oxygen atoms in total. The molecule has 160 valence electrons. The Labute approximate surface area is 178 Å². The lowest BCUT2D eigenvalue weighted by Gasteiger charge is -2.23. The van der Waals surface area contributed by atoms with Crippen LogP contribution in [0.4, 0.5) is 5.69 Å². The van der Waals surface area contributed by atoms with Crippen molar-refractivity contribution in [1.29, 1.82) is 0 Å². The molecule has 2 N–H and O–H groups in total. The number of hydrogen-bond acceptors (Lipinski definition) is 3. The van der Waals surface area contributed by atoms with Crippen molar-refractivity contribution >= 4 is 23.4 Å². The van der Waals surface area contributed by atoms with E-state index in [1.807, 2.05) is 46.8 Å². The van der Waals surface area contributed by atoms with Crippen molar-refractivity contribution in [1.82, 2.24) is 10.2 Å². The van der Waals surface area contributed by atoms with Gasteiger partial charge >= 0.3 is 0 Å². The SMILES string of the molecule is CCN(CC)C(=O)c1cccc(NC(=O)[C@@H](NC(=O)c2ccccc2C)C(C)C)c1. The zero-order valence-corrected chi connectivity index (χ0v) is 18.4. The first-order chi connectivity index (χ1) is 14.3. The van der Waals surface area contributed by atoms with Crippen molar-refractivity contribution in [3.05, 3.63) is 65.2 Å². The second-order valence-corrected chi connectivity index (χ2v) is 7.56. The van der Waals surface area contributed by atoms with Crippen LogP contribution >= 0.6 is 0 Å². The van der Waals surface area contributed by atoms with Crippen molar-refractivity contribution in [3.63, 3.8) is 0 Å². The lowest BCUT2D eigenvalue weighted by molar-refractivity contribution is -0.118. The van der Waals surface area contributed by atoms with E-state index in [4.69, 9.17) is 0 Å². The lowest BCUT2D eigenvalue weighted by Crippen LogP contribution is -2.47. The Kier molecular flexibility index (Phi) is 8.16. The van der Waals surface area contributed by atoms with Crippen molar-refractivity contribution in [2.75, 3.05) is 18.4 Å². The molecule has 0 heterocycles. The predicted octanol–water partition coefficient (Wildman–Crippen LogP) is 3.87. The Morgan fingerprint density at radius 3 is 2.23 bits per heavy atom. The number of nitrogens with zero attached hydrogens (tertiary/aromatic N) is 1. The Hall–Kier alpha value is -3.15. The third-order valence-corrected chi connectivity index (χ3v) is 5.05. The van der Waals surface area contributed by atoms with Crippen molar-refractivity contribution in [2.24, 2.45) is 5.92 Å². The summed E-state index contributed by atoms with van der Waals surface area (Å²) in [4.78, 5) is 39.9. The third kappa shape index (κ3) is 5.69. The van der Waals surface area contributed by atoms with Crippen LogP contribution in [0, 0.1) is 12.8 Å². The van der Waals surface area contributed by atoms with E-state index >= 15 is 0 Å². The highest BCUT2D eigenvalue weighted by Crippen LogP contribution is 2.15. The maximum Gasteiger partial charge on any atom is 0.253 e. The molecule has 0 spiro atoms. The van der Waals surface area contributed by atoms with E-state index in [-0.39, 0.29) is 23.6 Å². The minimum absolute atomic E-state index is 0.0793. The van der Waals surface area contributed by atoms with E-state index in [9.17, 15) is 14.4 Å². The van der Waals surface area contributed by atoms with E-state index in [0.717, 1.165) is 5.56 Å². The number of aryl methyl sites for hydroxylation is 1. The average molecular weight is 410 g/mol. The highest BCUT2D eigenvalue weighted by Gasteiger charge is 2.25. The number of carbonyl (C=O) groups excluding carboxylic acids is 3. The minimum atomic E-state index is -0.709. The van der Waals surface area contributed by atoms with Crippen LogP contribution < -0.4 is 10.6 Å². The summed E-state index contributed by atoms with van der Waals surface area (Å²) in [5.41, 5.74) is 2.43. The van der Waals surface area contributed by atoms with Gasteiger partial charge in [0.05, 0.1) is 0 Å². The van der Waals surface area contributed by atoms with Crippen LogP contribution in [-0.2, 0) is 4.79 Å². The van der Waals surface area contributed by atoms with Gasteiger partial charge in [0.2, 0.25) is 5.91 Å². The van der Waals surface area contributed by atoms with Crippen LogP contribution in [0.2, 0.25) is 0 Å². The number of rotatable bonds is 8.